The van der Waals surface area contributed by atoms with Gasteiger partial charge >= 0.3 is 6.03 Å². The minimum absolute atomic E-state index is 0.0820. The van der Waals surface area contributed by atoms with E-state index in [0.29, 0.717) is 25.0 Å². The number of carbonyl (C=O) groups is 1. The summed E-state index contributed by atoms with van der Waals surface area (Å²) in [5, 5.41) is 3.08. The number of nitrogens with two attached hydrogens (primary N) is 1. The molecule has 0 bridgehead atoms. The van der Waals surface area contributed by atoms with Gasteiger partial charge in [0.15, 0.2) is 0 Å². The first-order chi connectivity index (χ1) is 6.81. The summed E-state index contributed by atoms with van der Waals surface area (Å²) in [7, 11) is 0. The molecule has 1 aliphatic heterocycles. The maximum atomic E-state index is 11.6. The molecule has 0 aromatic heterocycles. The van der Waals surface area contributed by atoms with E-state index < -0.39 is 0 Å². The van der Waals surface area contributed by atoms with E-state index in [-0.39, 0.29) is 6.03 Å². The van der Waals surface area contributed by atoms with Crippen molar-refractivity contribution in [3.05, 3.63) is 0 Å². The lowest BCUT2D eigenvalue weighted by Gasteiger charge is -2.41. The smallest absolute Gasteiger partial charge is 0.317 e. The van der Waals surface area contributed by atoms with Crippen molar-refractivity contribution in [3.63, 3.8) is 0 Å². The summed E-state index contributed by atoms with van der Waals surface area (Å²) >= 11 is 0. The van der Waals surface area contributed by atoms with Crippen LogP contribution in [-0.4, -0.2) is 36.6 Å². The molecule has 2 unspecified atom stereocenters. The second-order valence-electron chi connectivity index (χ2n) is 4.34. The molecule has 1 saturated heterocycles. The zero-order chi connectivity index (χ0) is 9.97. The Bertz CT molecular complexity index is 219. The molecule has 2 fully saturated rings. The topological polar surface area (TPSA) is 58.4 Å². The van der Waals surface area contributed by atoms with Crippen molar-refractivity contribution in [2.75, 3.05) is 19.6 Å². The van der Waals surface area contributed by atoms with E-state index in [4.69, 9.17) is 5.73 Å². The molecule has 4 heteroatoms. The monoisotopic (exact) mass is 197 g/mol. The highest BCUT2D eigenvalue weighted by Gasteiger charge is 2.34. The molecule has 4 nitrogen and oxygen atoms in total. The number of hydrogen-bond acceptors (Lipinski definition) is 2. The fourth-order valence-corrected chi connectivity index (χ4v) is 2.58. The highest BCUT2D eigenvalue weighted by atomic mass is 16.2. The van der Waals surface area contributed by atoms with Gasteiger partial charge in [0, 0.05) is 25.7 Å². The summed E-state index contributed by atoms with van der Waals surface area (Å²) < 4.78 is 0. The van der Waals surface area contributed by atoms with Crippen LogP contribution in [0.15, 0.2) is 0 Å². The third-order valence-corrected chi connectivity index (χ3v) is 3.36. The zero-order valence-electron chi connectivity index (χ0n) is 8.54. The third-order valence-electron chi connectivity index (χ3n) is 3.36. The molecular formula is C10H19N3O. The average Bonchev–Trinajstić information content (AvgIpc) is 2.19. The number of rotatable bonds is 2. The van der Waals surface area contributed by atoms with Gasteiger partial charge in [-0.3, -0.25) is 0 Å². The lowest BCUT2D eigenvalue weighted by Crippen LogP contribution is -2.58. The molecule has 2 rings (SSSR count). The van der Waals surface area contributed by atoms with Gasteiger partial charge in [-0.05, 0) is 18.8 Å². The van der Waals surface area contributed by atoms with Gasteiger partial charge in [-0.2, -0.15) is 0 Å². The predicted molar refractivity (Wildman–Crippen MR) is 54.9 cm³/mol. The zero-order valence-corrected chi connectivity index (χ0v) is 8.54. The largest absolute Gasteiger partial charge is 0.335 e. The van der Waals surface area contributed by atoms with Crippen molar-refractivity contribution in [2.45, 2.75) is 31.7 Å². The van der Waals surface area contributed by atoms with E-state index >= 15 is 0 Å². The number of carbonyl (C=O) groups excluding carboxylic acids is 1. The Morgan fingerprint density at radius 2 is 2.21 bits per heavy atom. The van der Waals surface area contributed by atoms with Crippen molar-refractivity contribution >= 4 is 6.03 Å². The molecule has 14 heavy (non-hydrogen) atoms. The molecule has 2 amide bonds. The van der Waals surface area contributed by atoms with Crippen molar-refractivity contribution in [1.82, 2.24) is 10.2 Å². The van der Waals surface area contributed by atoms with Gasteiger partial charge < -0.3 is 16.0 Å². The Morgan fingerprint density at radius 1 is 1.43 bits per heavy atom. The minimum atomic E-state index is 0.0820. The van der Waals surface area contributed by atoms with Crippen LogP contribution in [0.1, 0.15) is 25.7 Å². The van der Waals surface area contributed by atoms with Crippen molar-refractivity contribution in [2.24, 2.45) is 11.7 Å². The molecule has 80 valence electrons. The van der Waals surface area contributed by atoms with E-state index in [0.717, 1.165) is 13.0 Å². The molecule has 0 aromatic carbocycles. The molecule has 1 aliphatic carbocycles. The molecule has 1 saturated carbocycles. The highest BCUT2D eigenvalue weighted by Crippen LogP contribution is 2.27. The van der Waals surface area contributed by atoms with Crippen molar-refractivity contribution in [3.8, 4) is 0 Å². The second kappa shape index (κ2) is 4.17. The van der Waals surface area contributed by atoms with Gasteiger partial charge in [-0.15, -0.1) is 0 Å². The summed E-state index contributed by atoms with van der Waals surface area (Å²) in [6, 6.07) is 0.517. The molecule has 2 aliphatic rings. The van der Waals surface area contributed by atoms with Crippen LogP contribution in [0.4, 0.5) is 4.79 Å². The molecule has 0 spiro atoms. The maximum Gasteiger partial charge on any atom is 0.317 e. The number of amides is 2. The Kier molecular flexibility index (Phi) is 2.91. The van der Waals surface area contributed by atoms with E-state index in [1.54, 1.807) is 0 Å². The van der Waals surface area contributed by atoms with Crippen molar-refractivity contribution in [1.29, 1.82) is 0 Å². The fourth-order valence-electron chi connectivity index (χ4n) is 2.58. The lowest BCUT2D eigenvalue weighted by atomic mass is 9.83. The Hall–Kier alpha value is -0.770. The SMILES string of the molecule is NCCN1CC2CCCCC2NC1=O. The molecular weight excluding hydrogens is 178 g/mol. The van der Waals surface area contributed by atoms with Crippen LogP contribution in [0.25, 0.3) is 0 Å². The highest BCUT2D eigenvalue weighted by molar-refractivity contribution is 5.75. The second-order valence-corrected chi connectivity index (χ2v) is 4.34. The first-order valence-corrected chi connectivity index (χ1v) is 5.57. The number of nitrogens with zero attached hydrogens (tertiary/aromatic N) is 1. The number of nitrogens with one attached hydrogen (secondary N) is 1. The van der Waals surface area contributed by atoms with E-state index in [1.807, 2.05) is 4.90 Å². The van der Waals surface area contributed by atoms with Gasteiger partial charge in [-0.1, -0.05) is 12.8 Å². The maximum absolute atomic E-state index is 11.6. The Labute approximate surface area is 84.8 Å². The van der Waals surface area contributed by atoms with Crippen LogP contribution >= 0.6 is 0 Å². The van der Waals surface area contributed by atoms with Gasteiger partial charge in [0.25, 0.3) is 0 Å². The normalized spacial score (nSPS) is 32.4. The standard InChI is InChI=1S/C10H19N3O/c11-5-6-13-7-8-3-1-2-4-9(8)12-10(13)14/h8-9H,1-7,11H2,(H,12,14). The average molecular weight is 197 g/mol. The number of urea groups is 1. The quantitative estimate of drug-likeness (QED) is 0.678. The first kappa shape index (κ1) is 9.77. The van der Waals surface area contributed by atoms with Crippen LogP contribution in [0.3, 0.4) is 0 Å². The fraction of sp³-hybridized carbons (Fsp3) is 0.900. The first-order valence-electron chi connectivity index (χ1n) is 5.57. The van der Waals surface area contributed by atoms with Gasteiger partial charge in [-0.25, -0.2) is 4.79 Å². The molecule has 3 N–H and O–H groups in total. The molecule has 0 radical (unpaired) electrons. The van der Waals surface area contributed by atoms with E-state index in [1.165, 1.54) is 19.3 Å². The summed E-state index contributed by atoms with van der Waals surface area (Å²) in [6.45, 7) is 2.16. The van der Waals surface area contributed by atoms with Crippen LogP contribution in [0, 0.1) is 5.92 Å². The van der Waals surface area contributed by atoms with Crippen LogP contribution in [0.2, 0.25) is 0 Å². The summed E-state index contributed by atoms with van der Waals surface area (Å²) in [4.78, 5) is 13.5. The van der Waals surface area contributed by atoms with E-state index in [9.17, 15) is 4.79 Å². The van der Waals surface area contributed by atoms with Gasteiger partial charge in [0.2, 0.25) is 0 Å². The lowest BCUT2D eigenvalue weighted by molar-refractivity contribution is 0.128. The number of fused-ring (bicyclic) bond motifs is 1. The minimum Gasteiger partial charge on any atom is -0.335 e. The molecule has 1 heterocycles. The third kappa shape index (κ3) is 1.85. The predicted octanol–water partition coefficient (Wildman–Crippen LogP) is 0.529. The Balaban J connectivity index is 1.96. The summed E-state index contributed by atoms with van der Waals surface area (Å²) in [6.07, 6.45) is 4.99. The van der Waals surface area contributed by atoms with Crippen LogP contribution in [-0.2, 0) is 0 Å². The van der Waals surface area contributed by atoms with E-state index in [2.05, 4.69) is 5.32 Å². The number of hydrogen-bond donors (Lipinski definition) is 2. The van der Waals surface area contributed by atoms with Gasteiger partial charge in [0.1, 0.15) is 0 Å². The molecule has 0 aromatic rings. The summed E-state index contributed by atoms with van der Waals surface area (Å²) in [5.74, 6) is 0.660. The van der Waals surface area contributed by atoms with Gasteiger partial charge in [0.05, 0.1) is 0 Å². The van der Waals surface area contributed by atoms with Crippen LogP contribution < -0.4 is 11.1 Å². The summed E-state index contributed by atoms with van der Waals surface area (Å²) in [5.41, 5.74) is 5.47. The molecule has 2 atom stereocenters. The van der Waals surface area contributed by atoms with Crippen molar-refractivity contribution < 1.29 is 4.79 Å². The Morgan fingerprint density at radius 3 is 3.00 bits per heavy atom. The van der Waals surface area contributed by atoms with Crippen LogP contribution in [0.5, 0.6) is 0 Å².